The van der Waals surface area contributed by atoms with Crippen molar-refractivity contribution >= 4 is 5.96 Å². The van der Waals surface area contributed by atoms with Crippen molar-refractivity contribution in [3.05, 3.63) is 23.8 Å². The number of rotatable bonds is 7. The average Bonchev–Trinajstić information content (AvgIpc) is 2.36. The van der Waals surface area contributed by atoms with Crippen molar-refractivity contribution < 1.29 is 9.47 Å². The molecule has 0 aliphatic carbocycles. The van der Waals surface area contributed by atoms with Crippen LogP contribution in [0.1, 0.15) is 5.56 Å². The number of hydrogen-bond acceptors (Lipinski definition) is 4. The molecular formula is C12H20N4O2. The summed E-state index contributed by atoms with van der Waals surface area (Å²) >= 11 is 0. The van der Waals surface area contributed by atoms with E-state index in [4.69, 9.17) is 26.7 Å². The molecule has 0 saturated carbocycles. The Bertz CT molecular complexity index is 403. The molecule has 18 heavy (non-hydrogen) atoms. The van der Waals surface area contributed by atoms with Gasteiger partial charge in [0.15, 0.2) is 17.5 Å². The van der Waals surface area contributed by atoms with Gasteiger partial charge < -0.3 is 26.7 Å². The quantitative estimate of drug-likeness (QED) is 0.462. The van der Waals surface area contributed by atoms with Crippen LogP contribution in [0.3, 0.4) is 0 Å². The molecule has 0 aromatic heterocycles. The number of benzene rings is 1. The maximum Gasteiger partial charge on any atom is 0.185 e. The van der Waals surface area contributed by atoms with Crippen LogP contribution in [0, 0.1) is 0 Å². The molecule has 0 bridgehead atoms. The Hall–Kier alpha value is -1.95. The van der Waals surface area contributed by atoms with Crippen LogP contribution < -0.4 is 26.7 Å². The summed E-state index contributed by atoms with van der Waals surface area (Å²) in [7, 11) is 1.60. The molecule has 0 aliphatic heterocycles. The highest BCUT2D eigenvalue weighted by Gasteiger charge is 2.05. The molecule has 0 saturated heterocycles. The zero-order chi connectivity index (χ0) is 13.4. The van der Waals surface area contributed by atoms with Gasteiger partial charge in [0.1, 0.15) is 6.61 Å². The van der Waals surface area contributed by atoms with Crippen molar-refractivity contribution in [3.8, 4) is 11.5 Å². The summed E-state index contributed by atoms with van der Waals surface area (Å²) in [5.74, 6) is 1.48. The molecule has 0 fully saturated rings. The number of nitrogens with two attached hydrogens (primary N) is 3. The van der Waals surface area contributed by atoms with Crippen LogP contribution in [0.15, 0.2) is 23.2 Å². The van der Waals surface area contributed by atoms with Gasteiger partial charge in [0, 0.05) is 13.1 Å². The first-order valence-electron chi connectivity index (χ1n) is 5.72. The van der Waals surface area contributed by atoms with Crippen molar-refractivity contribution in [2.75, 3.05) is 26.8 Å². The zero-order valence-corrected chi connectivity index (χ0v) is 10.6. The van der Waals surface area contributed by atoms with Gasteiger partial charge in [-0.1, -0.05) is 6.07 Å². The summed E-state index contributed by atoms with van der Waals surface area (Å²) in [6.07, 6.45) is 0.741. The Morgan fingerprint density at radius 2 is 2.06 bits per heavy atom. The van der Waals surface area contributed by atoms with E-state index in [9.17, 15) is 0 Å². The highest BCUT2D eigenvalue weighted by Crippen LogP contribution is 2.28. The minimum atomic E-state index is 0.102. The highest BCUT2D eigenvalue weighted by atomic mass is 16.5. The summed E-state index contributed by atoms with van der Waals surface area (Å²) in [6, 6.07) is 5.73. The predicted molar refractivity (Wildman–Crippen MR) is 71.9 cm³/mol. The van der Waals surface area contributed by atoms with Crippen LogP contribution in [0.2, 0.25) is 0 Å². The summed E-state index contributed by atoms with van der Waals surface area (Å²) in [6.45, 7) is 1.48. The molecule has 6 heteroatoms. The van der Waals surface area contributed by atoms with Crippen LogP contribution in [0.25, 0.3) is 0 Å². The fourth-order valence-corrected chi connectivity index (χ4v) is 1.47. The number of methoxy groups -OCH3 is 1. The molecule has 0 atom stereocenters. The summed E-state index contributed by atoms with van der Waals surface area (Å²) in [5.41, 5.74) is 17.0. The Morgan fingerprint density at radius 3 is 2.67 bits per heavy atom. The van der Waals surface area contributed by atoms with E-state index in [0.717, 1.165) is 12.0 Å². The predicted octanol–water partition coefficient (Wildman–Crippen LogP) is -0.151. The number of nitrogens with zero attached hydrogens (tertiary/aromatic N) is 1. The van der Waals surface area contributed by atoms with E-state index in [1.165, 1.54) is 0 Å². The van der Waals surface area contributed by atoms with Gasteiger partial charge in [-0.05, 0) is 24.1 Å². The Labute approximate surface area is 107 Å². The summed E-state index contributed by atoms with van der Waals surface area (Å²) < 4.78 is 10.7. The van der Waals surface area contributed by atoms with Gasteiger partial charge >= 0.3 is 0 Å². The molecule has 6 N–H and O–H groups in total. The average molecular weight is 252 g/mol. The smallest absolute Gasteiger partial charge is 0.185 e. The molecule has 0 heterocycles. The van der Waals surface area contributed by atoms with Gasteiger partial charge in [-0.2, -0.15) is 0 Å². The van der Waals surface area contributed by atoms with Crippen molar-refractivity contribution in [2.45, 2.75) is 6.42 Å². The molecule has 0 spiro atoms. The van der Waals surface area contributed by atoms with E-state index in [1.807, 2.05) is 18.2 Å². The van der Waals surface area contributed by atoms with E-state index in [-0.39, 0.29) is 5.96 Å². The van der Waals surface area contributed by atoms with E-state index in [1.54, 1.807) is 7.11 Å². The second-order valence-corrected chi connectivity index (χ2v) is 3.68. The van der Waals surface area contributed by atoms with Crippen molar-refractivity contribution in [3.63, 3.8) is 0 Å². The van der Waals surface area contributed by atoms with Crippen molar-refractivity contribution in [2.24, 2.45) is 22.2 Å². The number of aliphatic imine (C=N–C) groups is 1. The van der Waals surface area contributed by atoms with Gasteiger partial charge in [0.05, 0.1) is 7.11 Å². The molecule has 100 valence electrons. The van der Waals surface area contributed by atoms with Crippen LogP contribution in [0.4, 0.5) is 0 Å². The number of hydrogen-bond donors (Lipinski definition) is 3. The second kappa shape index (κ2) is 7.39. The maximum atomic E-state index is 5.46. The molecule has 1 rings (SSSR count). The molecule has 0 unspecified atom stereocenters. The first-order valence-corrected chi connectivity index (χ1v) is 5.72. The molecule has 6 nitrogen and oxygen atoms in total. The SMILES string of the molecule is COc1cc(CCN=C(N)N)ccc1OCCN. The second-order valence-electron chi connectivity index (χ2n) is 3.68. The van der Waals surface area contributed by atoms with Gasteiger partial charge in [0.2, 0.25) is 0 Å². The first kappa shape index (κ1) is 14.1. The van der Waals surface area contributed by atoms with Crippen LogP contribution in [0.5, 0.6) is 11.5 Å². The fraction of sp³-hybridized carbons (Fsp3) is 0.417. The molecule has 0 aliphatic rings. The molecule has 1 aromatic rings. The Balaban J connectivity index is 2.69. The van der Waals surface area contributed by atoms with Gasteiger partial charge in [-0.25, -0.2) is 0 Å². The number of ether oxygens (including phenoxy) is 2. The van der Waals surface area contributed by atoms with Crippen LogP contribution >= 0.6 is 0 Å². The van der Waals surface area contributed by atoms with E-state index in [0.29, 0.717) is 31.2 Å². The fourth-order valence-electron chi connectivity index (χ4n) is 1.47. The van der Waals surface area contributed by atoms with Gasteiger partial charge in [-0.3, -0.25) is 4.99 Å². The third-order valence-corrected chi connectivity index (χ3v) is 2.30. The standard InChI is InChI=1S/C12H20N4O2/c1-17-11-8-9(4-6-16-12(14)15)2-3-10(11)18-7-5-13/h2-3,8H,4-7,13H2,1H3,(H4,14,15,16). The minimum Gasteiger partial charge on any atom is -0.493 e. The lowest BCUT2D eigenvalue weighted by atomic mass is 10.1. The van der Waals surface area contributed by atoms with Gasteiger partial charge in [-0.15, -0.1) is 0 Å². The maximum absolute atomic E-state index is 5.46. The first-order chi connectivity index (χ1) is 8.67. The van der Waals surface area contributed by atoms with Crippen molar-refractivity contribution in [1.29, 1.82) is 0 Å². The highest BCUT2D eigenvalue weighted by molar-refractivity contribution is 5.75. The van der Waals surface area contributed by atoms with Crippen molar-refractivity contribution in [1.82, 2.24) is 0 Å². The monoisotopic (exact) mass is 252 g/mol. The molecule has 1 aromatic carbocycles. The normalized spacial score (nSPS) is 9.89. The minimum absolute atomic E-state index is 0.102. The van der Waals surface area contributed by atoms with E-state index >= 15 is 0 Å². The zero-order valence-electron chi connectivity index (χ0n) is 10.6. The van der Waals surface area contributed by atoms with Crippen LogP contribution in [-0.2, 0) is 6.42 Å². The molecule has 0 amide bonds. The molecule has 0 radical (unpaired) electrons. The van der Waals surface area contributed by atoms with E-state index < -0.39 is 0 Å². The largest absolute Gasteiger partial charge is 0.493 e. The Morgan fingerprint density at radius 1 is 1.28 bits per heavy atom. The number of guanidine groups is 1. The summed E-state index contributed by atoms with van der Waals surface area (Å²) in [5, 5.41) is 0. The lowest BCUT2D eigenvalue weighted by Gasteiger charge is -2.11. The van der Waals surface area contributed by atoms with E-state index in [2.05, 4.69) is 4.99 Å². The van der Waals surface area contributed by atoms with Gasteiger partial charge in [0.25, 0.3) is 0 Å². The molecular weight excluding hydrogens is 232 g/mol. The lowest BCUT2D eigenvalue weighted by Crippen LogP contribution is -2.23. The third-order valence-electron chi connectivity index (χ3n) is 2.30. The van der Waals surface area contributed by atoms with Crippen LogP contribution in [-0.4, -0.2) is 32.8 Å². The third kappa shape index (κ3) is 4.50. The Kier molecular flexibility index (Phi) is 5.79. The summed E-state index contributed by atoms with van der Waals surface area (Å²) in [4.78, 5) is 3.93. The topological polar surface area (TPSA) is 109 Å². The lowest BCUT2D eigenvalue weighted by molar-refractivity contribution is 0.302.